The van der Waals surface area contributed by atoms with Crippen molar-refractivity contribution in [2.24, 2.45) is 0 Å². The highest BCUT2D eigenvalue weighted by molar-refractivity contribution is 9.10. The topological polar surface area (TPSA) is 51.1 Å². The molecule has 2 aromatic heterocycles. The first-order chi connectivity index (χ1) is 9.20. The van der Waals surface area contributed by atoms with Crippen molar-refractivity contribution in [2.75, 3.05) is 13.7 Å². The molecule has 0 aliphatic carbocycles. The Morgan fingerprint density at radius 1 is 1.53 bits per heavy atom. The van der Waals surface area contributed by atoms with Crippen LogP contribution in [0.2, 0.25) is 0 Å². The molecule has 0 spiro atoms. The molecular weight excluding hydrogens is 308 g/mol. The maximum Gasteiger partial charge on any atom is 0.151 e. The van der Waals surface area contributed by atoms with Gasteiger partial charge in [0.05, 0.1) is 16.3 Å². The van der Waals surface area contributed by atoms with Gasteiger partial charge in [-0.05, 0) is 41.4 Å². The van der Waals surface area contributed by atoms with Crippen LogP contribution >= 0.6 is 15.9 Å². The lowest BCUT2D eigenvalue weighted by atomic mass is 10.2. The average molecular weight is 323 g/mol. The summed E-state index contributed by atoms with van der Waals surface area (Å²) in [7, 11) is 1.69. The molecule has 4 nitrogen and oxygen atoms in total. The minimum Gasteiger partial charge on any atom is -0.463 e. The molecular formula is C14H15BrN2O2. The van der Waals surface area contributed by atoms with Crippen molar-refractivity contribution in [3.8, 4) is 17.5 Å². The van der Waals surface area contributed by atoms with Crippen LogP contribution in [0.5, 0.6) is 0 Å². The van der Waals surface area contributed by atoms with Crippen LogP contribution in [0.3, 0.4) is 0 Å². The summed E-state index contributed by atoms with van der Waals surface area (Å²) in [5, 5.41) is 9.26. The molecule has 0 radical (unpaired) electrons. The van der Waals surface area contributed by atoms with E-state index < -0.39 is 0 Å². The zero-order valence-corrected chi connectivity index (χ0v) is 12.5. The van der Waals surface area contributed by atoms with Crippen molar-refractivity contribution in [1.82, 2.24) is 4.57 Å². The quantitative estimate of drug-likeness (QED) is 0.788. The van der Waals surface area contributed by atoms with E-state index in [0.29, 0.717) is 12.2 Å². The van der Waals surface area contributed by atoms with Crippen LogP contribution < -0.4 is 0 Å². The van der Waals surface area contributed by atoms with Crippen LogP contribution in [-0.4, -0.2) is 18.3 Å². The van der Waals surface area contributed by atoms with Crippen LogP contribution in [0.15, 0.2) is 27.3 Å². The first-order valence-electron chi connectivity index (χ1n) is 6.02. The van der Waals surface area contributed by atoms with Gasteiger partial charge >= 0.3 is 0 Å². The first-order valence-corrected chi connectivity index (χ1v) is 6.81. The molecule has 0 fully saturated rings. The Kier molecular flexibility index (Phi) is 4.46. The molecule has 0 aromatic carbocycles. The highest BCUT2D eigenvalue weighted by Crippen LogP contribution is 2.35. The van der Waals surface area contributed by atoms with Crippen LogP contribution in [0.25, 0.3) is 11.5 Å². The Bertz CT molecular complexity index is 594. The highest BCUT2D eigenvalue weighted by Gasteiger charge is 2.21. The lowest BCUT2D eigenvalue weighted by molar-refractivity contribution is 0.190. The molecule has 0 amide bonds. The molecule has 0 N–H and O–H groups in total. The summed E-state index contributed by atoms with van der Waals surface area (Å²) >= 11 is 3.51. The molecule has 0 saturated heterocycles. The van der Waals surface area contributed by atoms with Gasteiger partial charge in [0.2, 0.25) is 0 Å². The van der Waals surface area contributed by atoms with E-state index in [1.165, 1.54) is 0 Å². The van der Waals surface area contributed by atoms with Crippen molar-refractivity contribution in [3.63, 3.8) is 0 Å². The fraction of sp³-hybridized carbons (Fsp3) is 0.357. The lowest BCUT2D eigenvalue weighted by Crippen LogP contribution is -2.05. The van der Waals surface area contributed by atoms with Crippen LogP contribution in [-0.2, 0) is 11.3 Å². The van der Waals surface area contributed by atoms with E-state index in [1.54, 1.807) is 13.4 Å². The zero-order valence-electron chi connectivity index (χ0n) is 10.9. The SMILES string of the molecule is COCCCn1c(C)c(C#N)c(Br)c1-c1ccco1. The fourth-order valence-electron chi connectivity index (χ4n) is 2.13. The second-order valence-electron chi connectivity index (χ2n) is 4.21. The number of nitriles is 1. The molecule has 100 valence electrons. The van der Waals surface area contributed by atoms with Crippen molar-refractivity contribution in [1.29, 1.82) is 5.26 Å². The zero-order chi connectivity index (χ0) is 13.8. The van der Waals surface area contributed by atoms with E-state index in [4.69, 9.17) is 9.15 Å². The van der Waals surface area contributed by atoms with Gasteiger partial charge in [0, 0.05) is 26.0 Å². The van der Waals surface area contributed by atoms with E-state index in [-0.39, 0.29) is 0 Å². The van der Waals surface area contributed by atoms with Crippen molar-refractivity contribution in [3.05, 3.63) is 34.1 Å². The van der Waals surface area contributed by atoms with E-state index >= 15 is 0 Å². The summed E-state index contributed by atoms with van der Waals surface area (Å²) < 4.78 is 13.4. The number of hydrogen-bond acceptors (Lipinski definition) is 3. The Labute approximate surface area is 120 Å². The molecule has 0 aliphatic rings. The van der Waals surface area contributed by atoms with E-state index in [1.807, 2.05) is 19.1 Å². The molecule has 5 heteroatoms. The Balaban J connectivity index is 2.48. The van der Waals surface area contributed by atoms with E-state index in [0.717, 1.165) is 34.6 Å². The normalized spacial score (nSPS) is 10.6. The Hall–Kier alpha value is -1.51. The maximum absolute atomic E-state index is 9.26. The third-order valence-electron chi connectivity index (χ3n) is 3.06. The third-order valence-corrected chi connectivity index (χ3v) is 3.83. The van der Waals surface area contributed by atoms with Gasteiger partial charge < -0.3 is 13.7 Å². The molecule has 2 heterocycles. The highest BCUT2D eigenvalue weighted by atomic mass is 79.9. The maximum atomic E-state index is 9.26. The Morgan fingerprint density at radius 2 is 2.32 bits per heavy atom. The summed E-state index contributed by atoms with van der Waals surface area (Å²) in [6.07, 6.45) is 2.52. The van der Waals surface area contributed by atoms with Gasteiger partial charge in [0.25, 0.3) is 0 Å². The lowest BCUT2D eigenvalue weighted by Gasteiger charge is -2.10. The van der Waals surface area contributed by atoms with Gasteiger partial charge in [-0.1, -0.05) is 0 Å². The van der Waals surface area contributed by atoms with E-state index in [9.17, 15) is 5.26 Å². The molecule has 0 saturated carbocycles. The number of halogens is 1. The predicted octanol–water partition coefficient (Wildman–Crippen LogP) is 3.73. The number of ether oxygens (including phenoxy) is 1. The monoisotopic (exact) mass is 322 g/mol. The van der Waals surface area contributed by atoms with Gasteiger partial charge in [-0.3, -0.25) is 0 Å². The molecule has 0 unspecified atom stereocenters. The molecule has 2 rings (SSSR count). The number of furan rings is 1. The van der Waals surface area contributed by atoms with Crippen molar-refractivity contribution >= 4 is 15.9 Å². The third kappa shape index (κ3) is 2.60. The molecule has 0 bridgehead atoms. The van der Waals surface area contributed by atoms with Crippen molar-refractivity contribution < 1.29 is 9.15 Å². The summed E-state index contributed by atoms with van der Waals surface area (Å²) in [6.45, 7) is 3.42. The standard InChI is InChI=1S/C14H15BrN2O2/c1-10-11(9-16)13(15)14(12-5-3-8-19-12)17(10)6-4-7-18-2/h3,5,8H,4,6-7H2,1-2H3. The number of methoxy groups -OCH3 is 1. The second kappa shape index (κ2) is 6.09. The second-order valence-corrected chi connectivity index (χ2v) is 5.00. The first kappa shape index (κ1) is 13.9. The summed E-state index contributed by atoms with van der Waals surface area (Å²) in [5.74, 6) is 0.758. The van der Waals surface area contributed by atoms with Crippen LogP contribution in [0, 0.1) is 18.3 Å². The number of hydrogen-bond donors (Lipinski definition) is 0. The van der Waals surface area contributed by atoms with Crippen LogP contribution in [0.1, 0.15) is 17.7 Å². The predicted molar refractivity (Wildman–Crippen MR) is 75.8 cm³/mol. The minimum absolute atomic E-state index is 0.656. The van der Waals surface area contributed by atoms with Gasteiger partial charge in [0.15, 0.2) is 5.76 Å². The molecule has 19 heavy (non-hydrogen) atoms. The fourth-order valence-corrected chi connectivity index (χ4v) is 2.91. The molecule has 2 aromatic rings. The van der Waals surface area contributed by atoms with Gasteiger partial charge in [0.1, 0.15) is 11.8 Å². The van der Waals surface area contributed by atoms with E-state index in [2.05, 4.69) is 26.6 Å². The number of aromatic nitrogens is 1. The van der Waals surface area contributed by atoms with Gasteiger partial charge in [-0.15, -0.1) is 0 Å². The average Bonchev–Trinajstić information content (AvgIpc) is 2.98. The molecule has 0 atom stereocenters. The molecule has 0 aliphatic heterocycles. The smallest absolute Gasteiger partial charge is 0.151 e. The number of nitrogens with zero attached hydrogens (tertiary/aromatic N) is 2. The van der Waals surface area contributed by atoms with Crippen molar-refractivity contribution in [2.45, 2.75) is 19.9 Å². The Morgan fingerprint density at radius 3 is 2.89 bits per heavy atom. The van der Waals surface area contributed by atoms with Gasteiger partial charge in [-0.2, -0.15) is 5.26 Å². The minimum atomic E-state index is 0.656. The number of rotatable bonds is 5. The van der Waals surface area contributed by atoms with Crippen LogP contribution in [0.4, 0.5) is 0 Å². The summed E-state index contributed by atoms with van der Waals surface area (Å²) in [4.78, 5) is 0. The summed E-state index contributed by atoms with van der Waals surface area (Å²) in [6, 6.07) is 5.98. The largest absolute Gasteiger partial charge is 0.463 e. The van der Waals surface area contributed by atoms with Gasteiger partial charge in [-0.25, -0.2) is 0 Å². The summed E-state index contributed by atoms with van der Waals surface area (Å²) in [5.41, 5.74) is 2.51.